The number of hydrazone groups is 1. The first-order chi connectivity index (χ1) is 18.6. The van der Waals surface area contributed by atoms with Gasteiger partial charge >= 0.3 is 0 Å². The highest BCUT2D eigenvalue weighted by molar-refractivity contribution is 7.92. The largest absolute Gasteiger partial charge is 0.497 e. The van der Waals surface area contributed by atoms with Crippen molar-refractivity contribution in [3.63, 3.8) is 0 Å². The zero-order chi connectivity index (χ0) is 28.4. The normalized spacial score (nSPS) is 11.0. The molecule has 0 aliphatic rings. The fraction of sp³-hybridized carbons (Fsp3) is 0.154. The van der Waals surface area contributed by atoms with E-state index >= 15 is 0 Å². The topological polar surface area (TPSA) is 169 Å². The van der Waals surface area contributed by atoms with Gasteiger partial charge in [0.25, 0.3) is 21.8 Å². The van der Waals surface area contributed by atoms with Crippen LogP contribution >= 0.6 is 0 Å². The first-order valence-electron chi connectivity index (χ1n) is 11.5. The van der Waals surface area contributed by atoms with Crippen LogP contribution in [0, 0.1) is 0 Å². The van der Waals surface area contributed by atoms with Gasteiger partial charge in [-0.05, 0) is 78.4 Å². The highest BCUT2D eigenvalue weighted by Gasteiger charge is 2.27. The van der Waals surface area contributed by atoms with Crippen LogP contribution in [0.4, 0.5) is 11.4 Å². The zero-order valence-electron chi connectivity index (χ0n) is 21.2. The van der Waals surface area contributed by atoms with Crippen LogP contribution in [0.3, 0.4) is 0 Å². The number of nitrogens with two attached hydrogens (primary N) is 1. The summed E-state index contributed by atoms with van der Waals surface area (Å²) in [6, 6.07) is 18.2. The molecule has 0 unspecified atom stereocenters. The van der Waals surface area contributed by atoms with Crippen molar-refractivity contribution in [2.24, 2.45) is 10.8 Å². The quantitative estimate of drug-likeness (QED) is 0.227. The molecule has 0 bridgehead atoms. The van der Waals surface area contributed by atoms with Crippen molar-refractivity contribution in [2.75, 3.05) is 29.9 Å². The molecule has 0 saturated heterocycles. The Labute approximate surface area is 225 Å². The summed E-state index contributed by atoms with van der Waals surface area (Å²) in [5.74, 6) is -0.649. The molecule has 39 heavy (non-hydrogen) atoms. The van der Waals surface area contributed by atoms with Gasteiger partial charge in [0.05, 0.1) is 23.9 Å². The average Bonchev–Trinajstić information content (AvgIpc) is 2.91. The van der Waals surface area contributed by atoms with Crippen molar-refractivity contribution in [3.8, 4) is 11.5 Å². The van der Waals surface area contributed by atoms with E-state index in [2.05, 4.69) is 15.8 Å². The summed E-state index contributed by atoms with van der Waals surface area (Å²) >= 11 is 0. The number of anilines is 2. The Kier molecular flexibility index (Phi) is 9.59. The van der Waals surface area contributed by atoms with Crippen molar-refractivity contribution < 1.29 is 32.3 Å². The van der Waals surface area contributed by atoms with Crippen LogP contribution in [0.1, 0.15) is 12.5 Å². The summed E-state index contributed by atoms with van der Waals surface area (Å²) in [7, 11) is -2.71. The third-order valence-corrected chi connectivity index (χ3v) is 6.86. The molecule has 0 aliphatic carbocycles. The van der Waals surface area contributed by atoms with Crippen molar-refractivity contribution >= 4 is 45.3 Å². The van der Waals surface area contributed by atoms with Gasteiger partial charge < -0.3 is 20.5 Å². The molecule has 0 atom stereocenters. The second-order valence-electron chi connectivity index (χ2n) is 8.03. The van der Waals surface area contributed by atoms with E-state index in [0.29, 0.717) is 22.7 Å². The van der Waals surface area contributed by atoms with Gasteiger partial charge in [-0.2, -0.15) is 5.10 Å². The minimum atomic E-state index is -4.19. The fourth-order valence-electron chi connectivity index (χ4n) is 3.25. The summed E-state index contributed by atoms with van der Waals surface area (Å²) in [4.78, 5) is 34.7. The second-order valence-corrected chi connectivity index (χ2v) is 9.89. The van der Waals surface area contributed by atoms with Gasteiger partial charge in [-0.25, -0.2) is 13.8 Å². The van der Waals surface area contributed by atoms with E-state index in [1.165, 1.54) is 56.6 Å². The molecule has 204 valence electrons. The standard InChI is InChI=1S/C26H27N5O7S/c1-18(32)29-20-5-13-24(14-6-20)39(35,36)31(21-7-11-22(37-2)12-8-21)16-26(34)30-28-15-19-3-9-23(10-4-19)38-17-25(27)33/h3-15H,16-17H2,1-2H3,(H2,27,33)(H,29,32)(H,30,34)/b28-15-. The third kappa shape index (κ3) is 8.30. The van der Waals surface area contributed by atoms with Gasteiger partial charge in [-0.1, -0.05) is 0 Å². The maximum absolute atomic E-state index is 13.5. The van der Waals surface area contributed by atoms with Crippen LogP contribution in [-0.4, -0.2) is 52.6 Å². The van der Waals surface area contributed by atoms with Gasteiger partial charge in [0.1, 0.15) is 18.0 Å². The Morgan fingerprint density at radius 2 is 1.56 bits per heavy atom. The number of rotatable bonds is 12. The minimum Gasteiger partial charge on any atom is -0.497 e. The molecule has 3 aromatic carbocycles. The zero-order valence-corrected chi connectivity index (χ0v) is 22.0. The lowest BCUT2D eigenvalue weighted by Crippen LogP contribution is -2.39. The first-order valence-corrected chi connectivity index (χ1v) is 12.9. The van der Waals surface area contributed by atoms with Crippen molar-refractivity contribution in [3.05, 3.63) is 78.4 Å². The molecule has 3 aromatic rings. The van der Waals surface area contributed by atoms with Crippen LogP contribution in [-0.2, 0) is 24.4 Å². The van der Waals surface area contributed by atoms with Crippen LogP contribution in [0.15, 0.2) is 82.8 Å². The van der Waals surface area contributed by atoms with E-state index in [0.717, 1.165) is 4.31 Å². The Hall–Kier alpha value is -4.91. The number of benzene rings is 3. The Morgan fingerprint density at radius 1 is 0.949 bits per heavy atom. The first kappa shape index (κ1) is 28.7. The Balaban J connectivity index is 1.76. The number of carbonyl (C=O) groups is 3. The average molecular weight is 554 g/mol. The lowest BCUT2D eigenvalue weighted by Gasteiger charge is -2.24. The van der Waals surface area contributed by atoms with E-state index in [4.69, 9.17) is 15.2 Å². The van der Waals surface area contributed by atoms with Crippen LogP contribution in [0.5, 0.6) is 11.5 Å². The number of carbonyl (C=O) groups excluding carboxylic acids is 3. The van der Waals surface area contributed by atoms with Gasteiger partial charge in [0, 0.05) is 12.6 Å². The smallest absolute Gasteiger partial charge is 0.264 e. The Morgan fingerprint density at radius 3 is 2.13 bits per heavy atom. The lowest BCUT2D eigenvalue weighted by molar-refractivity contribution is -0.120. The maximum atomic E-state index is 13.5. The van der Waals surface area contributed by atoms with E-state index in [9.17, 15) is 22.8 Å². The summed E-state index contributed by atoms with van der Waals surface area (Å²) in [6.07, 6.45) is 1.36. The molecule has 0 saturated carbocycles. The highest BCUT2D eigenvalue weighted by atomic mass is 32.2. The molecule has 12 nitrogen and oxygen atoms in total. The summed E-state index contributed by atoms with van der Waals surface area (Å²) in [6.45, 7) is 0.517. The fourth-order valence-corrected chi connectivity index (χ4v) is 4.67. The summed E-state index contributed by atoms with van der Waals surface area (Å²) in [5.41, 5.74) is 8.64. The van der Waals surface area contributed by atoms with Gasteiger partial charge in [-0.3, -0.25) is 18.7 Å². The number of amides is 3. The summed E-state index contributed by atoms with van der Waals surface area (Å²) < 4.78 is 38.3. The van der Waals surface area contributed by atoms with E-state index in [-0.39, 0.29) is 23.1 Å². The van der Waals surface area contributed by atoms with Crippen molar-refractivity contribution in [1.29, 1.82) is 0 Å². The molecular weight excluding hydrogens is 526 g/mol. The second kappa shape index (κ2) is 13.1. The van der Waals surface area contributed by atoms with Gasteiger partial charge in [-0.15, -0.1) is 0 Å². The molecule has 4 N–H and O–H groups in total. The third-order valence-electron chi connectivity index (χ3n) is 5.07. The van der Waals surface area contributed by atoms with Crippen LogP contribution in [0.25, 0.3) is 0 Å². The molecule has 0 fully saturated rings. The van der Waals surface area contributed by atoms with Gasteiger partial charge in [0.2, 0.25) is 5.91 Å². The SMILES string of the molecule is COc1ccc(N(CC(=O)N/N=C\c2ccc(OCC(N)=O)cc2)S(=O)(=O)c2ccc(NC(C)=O)cc2)cc1. The lowest BCUT2D eigenvalue weighted by atomic mass is 10.2. The maximum Gasteiger partial charge on any atom is 0.264 e. The minimum absolute atomic E-state index is 0.0811. The Bertz CT molecular complexity index is 1440. The molecule has 0 heterocycles. The van der Waals surface area contributed by atoms with Gasteiger partial charge in [0.15, 0.2) is 6.61 Å². The molecule has 0 aliphatic heterocycles. The molecule has 13 heteroatoms. The number of nitrogens with one attached hydrogen (secondary N) is 2. The predicted molar refractivity (Wildman–Crippen MR) is 145 cm³/mol. The number of hydrogen-bond donors (Lipinski definition) is 3. The number of methoxy groups -OCH3 is 1. The number of sulfonamides is 1. The number of hydrogen-bond acceptors (Lipinski definition) is 8. The van der Waals surface area contributed by atoms with Crippen molar-refractivity contribution in [1.82, 2.24) is 5.43 Å². The number of primary amides is 1. The number of nitrogens with zero attached hydrogens (tertiary/aromatic N) is 2. The monoisotopic (exact) mass is 553 g/mol. The van der Waals surface area contributed by atoms with E-state index in [1.54, 1.807) is 36.4 Å². The molecule has 3 amide bonds. The molecule has 0 radical (unpaired) electrons. The van der Waals surface area contributed by atoms with Crippen LogP contribution < -0.4 is 30.3 Å². The molecule has 3 rings (SSSR count). The highest BCUT2D eigenvalue weighted by Crippen LogP contribution is 2.26. The van der Waals surface area contributed by atoms with E-state index in [1.807, 2.05) is 0 Å². The molecular formula is C26H27N5O7S. The number of ether oxygens (including phenoxy) is 2. The molecule has 0 spiro atoms. The molecule has 0 aromatic heterocycles. The summed E-state index contributed by atoms with van der Waals surface area (Å²) in [5, 5.41) is 6.47. The predicted octanol–water partition coefficient (Wildman–Crippen LogP) is 1.86. The van der Waals surface area contributed by atoms with Crippen LogP contribution in [0.2, 0.25) is 0 Å². The van der Waals surface area contributed by atoms with Crippen molar-refractivity contribution in [2.45, 2.75) is 11.8 Å². The van der Waals surface area contributed by atoms with E-state index < -0.39 is 28.4 Å².